The molecule has 1 heterocycles. The molecule has 0 bridgehead atoms. The number of ketones is 1. The number of nitrogens with one attached hydrogen (secondary N) is 1. The topological polar surface area (TPSA) is 55.9 Å². The van der Waals surface area contributed by atoms with E-state index in [4.69, 9.17) is 4.74 Å². The van der Waals surface area contributed by atoms with Crippen molar-refractivity contribution in [3.05, 3.63) is 65.4 Å². The van der Waals surface area contributed by atoms with Crippen LogP contribution < -0.4 is 9.64 Å². The summed E-state index contributed by atoms with van der Waals surface area (Å²) in [4.78, 5) is 14.8. The maximum absolute atomic E-state index is 13.4. The molecule has 0 aliphatic carbocycles. The molecule has 1 aromatic heterocycles. The Balaban J connectivity index is 2.02. The monoisotopic (exact) mass is 395 g/mol. The number of methoxy groups -OCH3 is 1. The van der Waals surface area contributed by atoms with E-state index in [1.54, 1.807) is 31.4 Å². The van der Waals surface area contributed by atoms with Crippen molar-refractivity contribution in [1.29, 1.82) is 0 Å². The second-order valence-electron chi connectivity index (χ2n) is 7.47. The van der Waals surface area contributed by atoms with Crippen molar-refractivity contribution in [2.45, 2.75) is 33.4 Å². The van der Waals surface area contributed by atoms with Crippen LogP contribution in [-0.2, 0) is 6.54 Å². The van der Waals surface area contributed by atoms with Gasteiger partial charge in [-0.1, -0.05) is 18.2 Å². The van der Waals surface area contributed by atoms with Gasteiger partial charge in [-0.05, 0) is 56.7 Å². The van der Waals surface area contributed by atoms with Crippen molar-refractivity contribution in [3.8, 4) is 5.75 Å². The van der Waals surface area contributed by atoms with Gasteiger partial charge in [0.1, 0.15) is 18.4 Å². The molecule has 0 amide bonds. The average Bonchev–Trinajstić information content (AvgIpc) is 3.03. The minimum Gasteiger partial charge on any atom is -0.497 e. The summed E-state index contributed by atoms with van der Waals surface area (Å²) in [6.07, 6.45) is -0.525. The average molecular weight is 396 g/mol. The van der Waals surface area contributed by atoms with E-state index < -0.39 is 6.10 Å². The van der Waals surface area contributed by atoms with Gasteiger partial charge in [0.2, 0.25) is 5.78 Å². The SMILES string of the molecule is CC[NH+](CC)C[C@@H](O)Cn1c(C(=O)c2ccc(OC)cc2)c(C)c2ccccc21. The molecule has 2 N–H and O–H groups in total. The lowest BCUT2D eigenvalue weighted by atomic mass is 10.0. The van der Waals surface area contributed by atoms with Gasteiger partial charge in [0, 0.05) is 16.5 Å². The van der Waals surface area contributed by atoms with E-state index in [0.29, 0.717) is 24.3 Å². The highest BCUT2D eigenvalue weighted by Crippen LogP contribution is 2.28. The molecule has 0 aliphatic heterocycles. The lowest BCUT2D eigenvalue weighted by Crippen LogP contribution is -3.12. The van der Waals surface area contributed by atoms with E-state index in [9.17, 15) is 9.90 Å². The van der Waals surface area contributed by atoms with Crippen LogP contribution in [0.25, 0.3) is 10.9 Å². The molecule has 0 aliphatic rings. The third kappa shape index (κ3) is 4.36. The Morgan fingerprint density at radius 1 is 1.10 bits per heavy atom. The zero-order chi connectivity index (χ0) is 21.0. The molecule has 5 heteroatoms. The first-order chi connectivity index (χ1) is 14.0. The predicted octanol–water partition coefficient (Wildman–Crippen LogP) is 2.47. The number of hydrogen-bond acceptors (Lipinski definition) is 3. The Morgan fingerprint density at radius 2 is 1.76 bits per heavy atom. The Hall–Kier alpha value is -2.63. The molecular formula is C24H31N2O3+. The first kappa shape index (κ1) is 21.1. The lowest BCUT2D eigenvalue weighted by Gasteiger charge is -2.21. The molecule has 0 saturated heterocycles. The van der Waals surface area contributed by atoms with Gasteiger partial charge in [-0.15, -0.1) is 0 Å². The zero-order valence-corrected chi connectivity index (χ0v) is 17.7. The van der Waals surface area contributed by atoms with E-state index in [0.717, 1.165) is 35.3 Å². The van der Waals surface area contributed by atoms with Crippen LogP contribution in [-0.4, -0.2) is 48.3 Å². The number of carbonyl (C=O) groups excluding carboxylic acids is 1. The fraction of sp³-hybridized carbons (Fsp3) is 0.375. The molecule has 3 rings (SSSR count). The summed E-state index contributed by atoms with van der Waals surface area (Å²) in [5, 5.41) is 11.8. The van der Waals surface area contributed by atoms with Crippen LogP contribution in [0.4, 0.5) is 0 Å². The summed E-state index contributed by atoms with van der Waals surface area (Å²) in [5.74, 6) is 0.681. The summed E-state index contributed by atoms with van der Waals surface area (Å²) in [5.41, 5.74) is 3.19. The van der Waals surface area contributed by atoms with Crippen molar-refractivity contribution in [2.24, 2.45) is 0 Å². The van der Waals surface area contributed by atoms with Crippen LogP contribution in [0.3, 0.4) is 0 Å². The van der Waals surface area contributed by atoms with E-state index in [1.807, 2.05) is 35.8 Å². The fourth-order valence-electron chi connectivity index (χ4n) is 3.99. The second kappa shape index (κ2) is 9.25. The number of likely N-dealkylation sites (N-methyl/N-ethyl adjacent to an activating group) is 1. The smallest absolute Gasteiger partial charge is 0.209 e. The van der Waals surface area contributed by atoms with Gasteiger partial charge >= 0.3 is 0 Å². The Morgan fingerprint density at radius 3 is 2.38 bits per heavy atom. The molecule has 0 unspecified atom stereocenters. The first-order valence-electron chi connectivity index (χ1n) is 10.3. The van der Waals surface area contributed by atoms with Gasteiger partial charge in [0.15, 0.2) is 0 Å². The van der Waals surface area contributed by atoms with Crippen LogP contribution in [0, 0.1) is 6.92 Å². The van der Waals surface area contributed by atoms with Crippen molar-refractivity contribution < 1.29 is 19.5 Å². The number of aliphatic hydroxyl groups is 1. The summed E-state index contributed by atoms with van der Waals surface area (Å²) >= 11 is 0. The number of hydrogen-bond donors (Lipinski definition) is 2. The van der Waals surface area contributed by atoms with E-state index in [2.05, 4.69) is 13.8 Å². The number of quaternary nitrogens is 1. The van der Waals surface area contributed by atoms with Gasteiger partial charge in [-0.25, -0.2) is 0 Å². The van der Waals surface area contributed by atoms with Gasteiger partial charge in [0.25, 0.3) is 0 Å². The number of aromatic nitrogens is 1. The normalized spacial score (nSPS) is 12.5. The molecule has 3 aromatic rings. The number of aliphatic hydroxyl groups excluding tert-OH is 1. The number of aryl methyl sites for hydroxylation is 1. The Labute approximate surface area is 172 Å². The van der Waals surface area contributed by atoms with Crippen LogP contribution in [0.15, 0.2) is 48.5 Å². The summed E-state index contributed by atoms with van der Waals surface area (Å²) < 4.78 is 7.20. The Bertz CT molecular complexity index is 972. The van der Waals surface area contributed by atoms with Gasteiger partial charge < -0.3 is 19.3 Å². The van der Waals surface area contributed by atoms with Crippen molar-refractivity contribution >= 4 is 16.7 Å². The minimum absolute atomic E-state index is 0.0382. The summed E-state index contributed by atoms with van der Waals surface area (Å²) in [6, 6.07) is 15.2. The van der Waals surface area contributed by atoms with Crippen LogP contribution in [0.1, 0.15) is 35.5 Å². The standard InChI is InChI=1S/C24H30N2O3/c1-5-25(6-2)15-19(27)16-26-22-10-8-7-9-21(22)17(3)23(26)24(28)18-11-13-20(29-4)14-12-18/h7-14,19,27H,5-6,15-16H2,1-4H3/p+1/t19-/m1/s1. The molecule has 2 aromatic carbocycles. The number of fused-ring (bicyclic) bond motifs is 1. The number of nitrogens with zero attached hydrogens (tertiary/aromatic N) is 1. The maximum Gasteiger partial charge on any atom is 0.209 e. The number of carbonyl (C=O) groups is 1. The Kier molecular flexibility index (Phi) is 6.72. The maximum atomic E-state index is 13.4. The molecule has 0 radical (unpaired) electrons. The van der Waals surface area contributed by atoms with Crippen molar-refractivity contribution in [1.82, 2.24) is 4.57 Å². The number of ether oxygens (including phenoxy) is 1. The highest BCUT2D eigenvalue weighted by Gasteiger charge is 2.24. The summed E-state index contributed by atoms with van der Waals surface area (Å²) in [6.45, 7) is 9.23. The second-order valence-corrected chi connectivity index (χ2v) is 7.47. The van der Waals surface area contributed by atoms with E-state index >= 15 is 0 Å². The predicted molar refractivity (Wildman–Crippen MR) is 116 cm³/mol. The van der Waals surface area contributed by atoms with Crippen molar-refractivity contribution in [3.63, 3.8) is 0 Å². The minimum atomic E-state index is -0.525. The van der Waals surface area contributed by atoms with Crippen LogP contribution >= 0.6 is 0 Å². The van der Waals surface area contributed by atoms with Gasteiger partial charge in [-0.2, -0.15) is 0 Å². The quantitative estimate of drug-likeness (QED) is 0.548. The third-order valence-electron chi connectivity index (χ3n) is 5.71. The summed E-state index contributed by atoms with van der Waals surface area (Å²) in [7, 11) is 1.61. The molecule has 0 saturated carbocycles. The molecule has 154 valence electrons. The largest absolute Gasteiger partial charge is 0.497 e. The molecule has 29 heavy (non-hydrogen) atoms. The van der Waals surface area contributed by atoms with Gasteiger partial charge in [-0.3, -0.25) is 4.79 Å². The fourth-order valence-corrected chi connectivity index (χ4v) is 3.99. The molecule has 1 atom stereocenters. The van der Waals surface area contributed by atoms with Crippen molar-refractivity contribution in [2.75, 3.05) is 26.7 Å². The van der Waals surface area contributed by atoms with E-state index in [-0.39, 0.29) is 5.78 Å². The lowest BCUT2D eigenvalue weighted by molar-refractivity contribution is -0.899. The molecule has 0 fully saturated rings. The van der Waals surface area contributed by atoms with Crippen LogP contribution in [0.2, 0.25) is 0 Å². The highest BCUT2D eigenvalue weighted by molar-refractivity contribution is 6.12. The van der Waals surface area contributed by atoms with Crippen LogP contribution in [0.5, 0.6) is 5.75 Å². The first-order valence-corrected chi connectivity index (χ1v) is 10.3. The number of para-hydroxylation sites is 1. The number of benzene rings is 2. The highest BCUT2D eigenvalue weighted by atomic mass is 16.5. The third-order valence-corrected chi connectivity index (χ3v) is 5.71. The molecule has 5 nitrogen and oxygen atoms in total. The molecule has 0 spiro atoms. The van der Waals surface area contributed by atoms with Gasteiger partial charge in [0.05, 0.1) is 32.4 Å². The molecular weight excluding hydrogens is 364 g/mol. The van der Waals surface area contributed by atoms with E-state index in [1.165, 1.54) is 4.90 Å². The zero-order valence-electron chi connectivity index (χ0n) is 17.7. The number of rotatable bonds is 9.